The molecule has 0 radical (unpaired) electrons. The molecular formula is C21H29N9O2. The summed E-state index contributed by atoms with van der Waals surface area (Å²) in [5, 5.41) is 0. The predicted molar refractivity (Wildman–Crippen MR) is 120 cm³/mol. The van der Waals surface area contributed by atoms with Crippen LogP contribution in [0.4, 0.5) is 17.7 Å². The SMILES string of the molecule is C[C@]1(N2CCc3c(-c4cnc(N)nc4)nc(N4CCOCC4)nc32)CCN(CC(N)=O)C1. The molecule has 5 rings (SSSR count). The molecule has 11 nitrogen and oxygen atoms in total. The second kappa shape index (κ2) is 8.14. The lowest BCUT2D eigenvalue weighted by Gasteiger charge is -2.37. The number of nitrogens with zero attached hydrogens (tertiary/aromatic N) is 7. The molecule has 1 atom stereocenters. The van der Waals surface area contributed by atoms with Crippen LogP contribution < -0.4 is 21.3 Å². The molecule has 11 heteroatoms. The first-order chi connectivity index (χ1) is 15.4. The Bertz CT molecular complexity index is 1010. The van der Waals surface area contributed by atoms with Crippen molar-refractivity contribution in [2.24, 2.45) is 5.73 Å². The minimum atomic E-state index is -0.293. The summed E-state index contributed by atoms with van der Waals surface area (Å²) in [7, 11) is 0. The zero-order valence-corrected chi connectivity index (χ0v) is 18.3. The summed E-state index contributed by atoms with van der Waals surface area (Å²) in [6.45, 7) is 7.80. The lowest BCUT2D eigenvalue weighted by atomic mass is 9.99. The molecule has 0 bridgehead atoms. The quantitative estimate of drug-likeness (QED) is 0.636. The normalized spacial score (nSPS) is 23.5. The Hall–Kier alpha value is -3.05. The first-order valence-corrected chi connectivity index (χ1v) is 11.0. The molecule has 0 spiro atoms. The van der Waals surface area contributed by atoms with Gasteiger partial charge in [0, 0.05) is 56.2 Å². The maximum Gasteiger partial charge on any atom is 0.231 e. The number of primary amides is 1. The van der Waals surface area contributed by atoms with E-state index in [0.717, 1.165) is 68.2 Å². The van der Waals surface area contributed by atoms with Gasteiger partial charge in [0.15, 0.2) is 0 Å². The second-order valence-corrected chi connectivity index (χ2v) is 8.93. The lowest BCUT2D eigenvalue weighted by molar-refractivity contribution is -0.118. The van der Waals surface area contributed by atoms with Crippen LogP contribution in [-0.4, -0.2) is 88.8 Å². The highest BCUT2D eigenvalue weighted by molar-refractivity contribution is 5.76. The van der Waals surface area contributed by atoms with E-state index in [2.05, 4.69) is 31.6 Å². The van der Waals surface area contributed by atoms with Crippen LogP contribution in [0.3, 0.4) is 0 Å². The van der Waals surface area contributed by atoms with Gasteiger partial charge >= 0.3 is 0 Å². The van der Waals surface area contributed by atoms with Gasteiger partial charge < -0.3 is 26.0 Å². The van der Waals surface area contributed by atoms with Gasteiger partial charge in [0.25, 0.3) is 0 Å². The van der Waals surface area contributed by atoms with Crippen molar-refractivity contribution >= 4 is 23.6 Å². The summed E-state index contributed by atoms with van der Waals surface area (Å²) in [4.78, 5) is 36.5. The molecule has 170 valence electrons. The number of carbonyl (C=O) groups is 1. The lowest BCUT2D eigenvalue weighted by Crippen LogP contribution is -2.49. The van der Waals surface area contributed by atoms with Gasteiger partial charge in [-0.2, -0.15) is 4.98 Å². The van der Waals surface area contributed by atoms with Crippen molar-refractivity contribution in [1.82, 2.24) is 24.8 Å². The van der Waals surface area contributed by atoms with Crippen LogP contribution in [-0.2, 0) is 16.0 Å². The van der Waals surface area contributed by atoms with Gasteiger partial charge in [0.1, 0.15) is 5.82 Å². The van der Waals surface area contributed by atoms with E-state index in [1.165, 1.54) is 0 Å². The van der Waals surface area contributed by atoms with Crippen molar-refractivity contribution in [3.05, 3.63) is 18.0 Å². The molecule has 4 N–H and O–H groups in total. The average molecular weight is 440 g/mol. The Labute approximate surface area is 186 Å². The minimum Gasteiger partial charge on any atom is -0.378 e. The highest BCUT2D eigenvalue weighted by atomic mass is 16.5. The molecule has 1 amide bonds. The van der Waals surface area contributed by atoms with E-state index in [4.69, 9.17) is 26.2 Å². The van der Waals surface area contributed by atoms with E-state index in [0.29, 0.717) is 19.2 Å². The van der Waals surface area contributed by atoms with E-state index >= 15 is 0 Å². The number of rotatable bonds is 5. The van der Waals surface area contributed by atoms with Crippen molar-refractivity contribution in [1.29, 1.82) is 0 Å². The molecule has 0 aromatic carbocycles. The molecule has 0 saturated carbocycles. The van der Waals surface area contributed by atoms with E-state index in [1.54, 1.807) is 12.4 Å². The molecule has 2 aromatic rings. The van der Waals surface area contributed by atoms with Gasteiger partial charge in [-0.05, 0) is 19.8 Å². The monoisotopic (exact) mass is 439 g/mol. The topological polar surface area (TPSA) is 140 Å². The number of anilines is 3. The van der Waals surface area contributed by atoms with Gasteiger partial charge in [0.05, 0.1) is 31.0 Å². The largest absolute Gasteiger partial charge is 0.378 e. The third-order valence-corrected chi connectivity index (χ3v) is 6.62. The molecule has 2 aromatic heterocycles. The fourth-order valence-corrected chi connectivity index (χ4v) is 4.99. The van der Waals surface area contributed by atoms with E-state index < -0.39 is 0 Å². The molecule has 2 fully saturated rings. The number of likely N-dealkylation sites (tertiary alicyclic amines) is 1. The number of nitrogens with two attached hydrogens (primary N) is 2. The molecular weight excluding hydrogens is 410 g/mol. The van der Waals surface area contributed by atoms with Gasteiger partial charge in [0.2, 0.25) is 17.8 Å². The number of hydrogen-bond donors (Lipinski definition) is 2. The van der Waals surface area contributed by atoms with Gasteiger partial charge in [-0.25, -0.2) is 15.0 Å². The maximum atomic E-state index is 11.4. The molecule has 0 aliphatic carbocycles. The van der Waals surface area contributed by atoms with E-state index in [9.17, 15) is 4.79 Å². The number of morpholine rings is 1. The van der Waals surface area contributed by atoms with Crippen molar-refractivity contribution < 1.29 is 9.53 Å². The van der Waals surface area contributed by atoms with Crippen molar-refractivity contribution in [2.45, 2.75) is 25.3 Å². The van der Waals surface area contributed by atoms with E-state index in [1.807, 2.05) is 0 Å². The first kappa shape index (κ1) is 20.8. The Morgan fingerprint density at radius 2 is 1.91 bits per heavy atom. The van der Waals surface area contributed by atoms with Crippen LogP contribution in [0.15, 0.2) is 12.4 Å². The van der Waals surface area contributed by atoms with Crippen LogP contribution in [0.1, 0.15) is 18.9 Å². The second-order valence-electron chi connectivity index (χ2n) is 8.93. The number of hydrogen-bond acceptors (Lipinski definition) is 10. The Morgan fingerprint density at radius 1 is 1.16 bits per heavy atom. The van der Waals surface area contributed by atoms with Crippen LogP contribution in [0.25, 0.3) is 11.3 Å². The van der Waals surface area contributed by atoms with Crippen molar-refractivity contribution in [3.8, 4) is 11.3 Å². The molecule has 32 heavy (non-hydrogen) atoms. The number of aromatic nitrogens is 4. The summed E-state index contributed by atoms with van der Waals surface area (Å²) in [5.74, 6) is 1.60. The van der Waals surface area contributed by atoms with Crippen molar-refractivity contribution in [3.63, 3.8) is 0 Å². The van der Waals surface area contributed by atoms with Gasteiger partial charge in [-0.15, -0.1) is 0 Å². The fraction of sp³-hybridized carbons (Fsp3) is 0.571. The first-order valence-electron chi connectivity index (χ1n) is 11.0. The molecule has 3 aliphatic heterocycles. The van der Waals surface area contributed by atoms with Crippen LogP contribution in [0.5, 0.6) is 0 Å². The Morgan fingerprint density at radius 3 is 2.62 bits per heavy atom. The average Bonchev–Trinajstić information content (AvgIpc) is 3.38. The molecule has 3 aliphatic rings. The van der Waals surface area contributed by atoms with Crippen LogP contribution >= 0.6 is 0 Å². The van der Waals surface area contributed by atoms with Crippen LogP contribution in [0.2, 0.25) is 0 Å². The number of amides is 1. The zero-order chi connectivity index (χ0) is 22.3. The molecule has 5 heterocycles. The molecule has 2 saturated heterocycles. The summed E-state index contributed by atoms with van der Waals surface area (Å²) in [6.07, 6.45) is 5.23. The van der Waals surface area contributed by atoms with Gasteiger partial charge in [-0.1, -0.05) is 0 Å². The van der Waals surface area contributed by atoms with Crippen molar-refractivity contribution in [2.75, 3.05) is 68.0 Å². The zero-order valence-electron chi connectivity index (χ0n) is 18.3. The van der Waals surface area contributed by atoms with E-state index in [-0.39, 0.29) is 23.9 Å². The number of carbonyl (C=O) groups excluding carboxylic acids is 1. The van der Waals surface area contributed by atoms with Gasteiger partial charge in [-0.3, -0.25) is 9.69 Å². The highest BCUT2D eigenvalue weighted by Gasteiger charge is 2.43. The fourth-order valence-electron chi connectivity index (χ4n) is 4.99. The predicted octanol–water partition coefficient (Wildman–Crippen LogP) is -0.335. The number of ether oxygens (including phenoxy) is 1. The third-order valence-electron chi connectivity index (χ3n) is 6.62. The molecule has 0 unspecified atom stereocenters. The maximum absolute atomic E-state index is 11.4. The number of nitrogen functional groups attached to an aromatic ring is 1. The highest BCUT2D eigenvalue weighted by Crippen LogP contribution is 2.41. The third kappa shape index (κ3) is 3.82. The number of fused-ring (bicyclic) bond motifs is 1. The summed E-state index contributed by atoms with van der Waals surface area (Å²) in [6, 6.07) is 0. The summed E-state index contributed by atoms with van der Waals surface area (Å²) >= 11 is 0. The minimum absolute atomic E-state index is 0.133. The standard InChI is InChI=1S/C21H29N9O2/c1-21(3-5-28(13-21)12-16(22)31)30-4-2-15-17(14-10-24-19(23)25-11-14)26-20(27-18(15)30)29-6-8-32-9-7-29/h10-11H,2-9,12-13H2,1H3,(H2,22,31)(H2,23,24,25)/t21-/m0/s1. The smallest absolute Gasteiger partial charge is 0.231 e. The summed E-state index contributed by atoms with van der Waals surface area (Å²) < 4.78 is 5.52. The summed E-state index contributed by atoms with van der Waals surface area (Å²) in [5.41, 5.74) is 13.8. The Balaban J connectivity index is 1.54. The van der Waals surface area contributed by atoms with Crippen LogP contribution in [0, 0.1) is 0 Å². The Kier molecular flexibility index (Phi) is 5.30.